The van der Waals surface area contributed by atoms with Gasteiger partial charge in [-0.3, -0.25) is 9.05 Å². The summed E-state index contributed by atoms with van der Waals surface area (Å²) in [7, 11) is -4.52. The Morgan fingerprint density at radius 1 is 0.977 bits per heavy atom. The van der Waals surface area contributed by atoms with E-state index in [-0.39, 0.29) is 24.7 Å². The molecule has 0 bridgehead atoms. The minimum Gasteiger partial charge on any atom is -0.387 e. The maximum atomic E-state index is 12.4. The third-order valence-electron chi connectivity index (χ3n) is 8.01. The average molecular weight is 640 g/mol. The van der Waals surface area contributed by atoms with Gasteiger partial charge in [0.2, 0.25) is 5.60 Å². The number of phosphoric ester groups is 1. The number of aliphatic hydroxyl groups excluding tert-OH is 2. The molecule has 248 valence electrons. The summed E-state index contributed by atoms with van der Waals surface area (Å²) in [5, 5.41) is 35.4. The molecule has 1 saturated heterocycles. The van der Waals surface area contributed by atoms with Crippen molar-refractivity contribution in [3.8, 4) is 6.07 Å². The number of nitrogens with two attached hydrogens (primary N) is 1. The van der Waals surface area contributed by atoms with Crippen LogP contribution in [0.1, 0.15) is 103 Å². The van der Waals surface area contributed by atoms with Crippen LogP contribution in [0.4, 0.5) is 5.82 Å². The SMILES string of the molecule is CCCCCCCCCCCCCCCCOCCOP(=O)(O)OCC1O[C@@](C#N)(c2ccc3c(N)ncnn23)[C@H](O)[C@@H]1O. The Balaban J connectivity index is 1.25. The van der Waals surface area contributed by atoms with Crippen molar-refractivity contribution < 1.29 is 38.2 Å². The zero-order chi connectivity index (χ0) is 31.8. The Morgan fingerprint density at radius 2 is 1.59 bits per heavy atom. The zero-order valence-corrected chi connectivity index (χ0v) is 26.8. The van der Waals surface area contributed by atoms with Gasteiger partial charge in [0.05, 0.1) is 25.5 Å². The Bertz CT molecular complexity index is 1210. The first kappa shape index (κ1) is 36.3. The molecule has 13 nitrogen and oxygen atoms in total. The van der Waals surface area contributed by atoms with Gasteiger partial charge >= 0.3 is 7.82 Å². The van der Waals surface area contributed by atoms with Gasteiger partial charge in [-0.1, -0.05) is 90.4 Å². The molecular weight excluding hydrogens is 589 g/mol. The number of nitriles is 1. The first-order chi connectivity index (χ1) is 21.3. The van der Waals surface area contributed by atoms with E-state index >= 15 is 0 Å². The first-order valence-electron chi connectivity index (χ1n) is 16.0. The predicted octanol–water partition coefficient (Wildman–Crippen LogP) is 4.78. The summed E-state index contributed by atoms with van der Waals surface area (Å²) in [6.07, 6.45) is 14.4. The maximum absolute atomic E-state index is 12.4. The molecule has 1 aliphatic rings. The number of hydrogen-bond donors (Lipinski definition) is 4. The Labute approximate surface area is 260 Å². The van der Waals surface area contributed by atoms with Gasteiger partial charge in [0, 0.05) is 6.61 Å². The summed E-state index contributed by atoms with van der Waals surface area (Å²) in [6, 6.07) is 4.92. The van der Waals surface area contributed by atoms with E-state index in [1.807, 2.05) is 6.07 Å². The highest BCUT2D eigenvalue weighted by atomic mass is 31.2. The van der Waals surface area contributed by atoms with Gasteiger partial charge < -0.3 is 30.3 Å². The number of phosphoric acid groups is 1. The minimum absolute atomic E-state index is 0.109. The standard InChI is InChI=1S/C30H50N5O8P/c1-2-3-4-5-6-7-8-9-10-11-12-13-14-15-18-40-19-20-41-44(38,39)42-21-25-27(36)28(37)30(22-31,43-25)26-17-16-24-29(32)33-23-34-35(24)26/h16-17,23,25,27-28,36-37H,2-15,18-21H2,1H3,(H,38,39)(H2,32,33,34)/t25?,27-,28-,30+/m1/s1. The molecule has 3 rings (SSSR count). The summed E-state index contributed by atoms with van der Waals surface area (Å²) in [4.78, 5) is 13.9. The number of fused-ring (bicyclic) bond motifs is 1. The summed E-state index contributed by atoms with van der Waals surface area (Å²) in [6.45, 7) is 2.13. The molecule has 0 spiro atoms. The number of aromatic nitrogens is 3. The quantitative estimate of drug-likeness (QED) is 0.0961. The van der Waals surface area contributed by atoms with E-state index in [0.29, 0.717) is 12.1 Å². The van der Waals surface area contributed by atoms with E-state index in [1.165, 1.54) is 94.0 Å². The van der Waals surface area contributed by atoms with Gasteiger partial charge in [-0.15, -0.1) is 0 Å². The van der Waals surface area contributed by atoms with Crippen molar-refractivity contribution in [1.29, 1.82) is 5.26 Å². The van der Waals surface area contributed by atoms with Crippen LogP contribution in [0, 0.1) is 11.3 Å². The first-order valence-corrected chi connectivity index (χ1v) is 17.5. The molecule has 5 atom stereocenters. The van der Waals surface area contributed by atoms with Crippen LogP contribution in [0.2, 0.25) is 0 Å². The lowest BCUT2D eigenvalue weighted by molar-refractivity contribution is -0.0646. The van der Waals surface area contributed by atoms with E-state index in [2.05, 4.69) is 17.0 Å². The predicted molar refractivity (Wildman–Crippen MR) is 164 cm³/mol. The molecule has 0 amide bonds. The molecule has 2 unspecified atom stereocenters. The molecule has 0 saturated carbocycles. The van der Waals surface area contributed by atoms with Crippen molar-refractivity contribution in [2.45, 2.75) is 121 Å². The normalized spacial score (nSPS) is 23.2. The molecule has 5 N–H and O–H groups in total. The number of nitrogens with zero attached hydrogens (tertiary/aromatic N) is 4. The second-order valence-electron chi connectivity index (χ2n) is 11.4. The van der Waals surface area contributed by atoms with E-state index in [9.17, 15) is 24.9 Å². The van der Waals surface area contributed by atoms with Gasteiger partial charge in [-0.05, 0) is 18.6 Å². The van der Waals surface area contributed by atoms with Crippen LogP contribution < -0.4 is 5.73 Å². The number of hydrogen-bond acceptors (Lipinski definition) is 11. The molecule has 2 aromatic heterocycles. The topological polar surface area (TPSA) is 195 Å². The number of anilines is 1. The van der Waals surface area contributed by atoms with Crippen LogP contribution in [0.15, 0.2) is 18.5 Å². The molecule has 1 aliphatic heterocycles. The highest BCUT2D eigenvalue weighted by Crippen LogP contribution is 2.46. The number of rotatable bonds is 23. The number of unbranched alkanes of at least 4 members (excludes halogenated alkanes) is 13. The summed E-state index contributed by atoms with van der Waals surface area (Å²) >= 11 is 0. The maximum Gasteiger partial charge on any atom is 0.472 e. The van der Waals surface area contributed by atoms with Crippen LogP contribution in [-0.2, 0) is 28.7 Å². The minimum atomic E-state index is -4.52. The lowest BCUT2D eigenvalue weighted by atomic mass is 9.92. The molecule has 0 radical (unpaired) electrons. The molecule has 3 heterocycles. The summed E-state index contributed by atoms with van der Waals surface area (Å²) < 4.78 is 34.8. The van der Waals surface area contributed by atoms with Crippen LogP contribution in [0.25, 0.3) is 5.52 Å². The second-order valence-corrected chi connectivity index (χ2v) is 12.9. The molecule has 1 fully saturated rings. The van der Waals surface area contributed by atoms with Gasteiger partial charge in [0.25, 0.3) is 0 Å². The van der Waals surface area contributed by atoms with E-state index < -0.39 is 38.3 Å². The fraction of sp³-hybridized carbons (Fsp3) is 0.767. The van der Waals surface area contributed by atoms with Crippen molar-refractivity contribution in [2.24, 2.45) is 0 Å². The Kier molecular flexibility index (Phi) is 15.5. The zero-order valence-electron chi connectivity index (χ0n) is 25.9. The molecule has 0 aromatic carbocycles. The highest BCUT2D eigenvalue weighted by Gasteiger charge is 2.58. The lowest BCUT2D eigenvalue weighted by Crippen LogP contribution is -2.41. The molecular formula is C30H50N5O8P. The third-order valence-corrected chi connectivity index (χ3v) is 9.00. The summed E-state index contributed by atoms with van der Waals surface area (Å²) in [5.74, 6) is 0.147. The summed E-state index contributed by atoms with van der Waals surface area (Å²) in [5.41, 5.74) is 4.30. The van der Waals surface area contributed by atoms with Crippen LogP contribution in [0.5, 0.6) is 0 Å². The lowest BCUT2D eigenvalue weighted by Gasteiger charge is -2.24. The number of nitrogen functional groups attached to an aromatic ring is 1. The molecule has 44 heavy (non-hydrogen) atoms. The van der Waals surface area contributed by atoms with Crippen molar-refractivity contribution in [1.82, 2.24) is 14.6 Å². The van der Waals surface area contributed by atoms with Crippen molar-refractivity contribution >= 4 is 19.2 Å². The monoisotopic (exact) mass is 639 g/mol. The van der Waals surface area contributed by atoms with Crippen molar-refractivity contribution in [3.05, 3.63) is 24.2 Å². The Morgan fingerprint density at radius 3 is 2.20 bits per heavy atom. The number of aliphatic hydroxyl groups is 2. The van der Waals surface area contributed by atoms with Crippen LogP contribution in [0.3, 0.4) is 0 Å². The average Bonchev–Trinajstić information content (AvgIpc) is 3.56. The van der Waals surface area contributed by atoms with Gasteiger partial charge in [-0.25, -0.2) is 14.1 Å². The Hall–Kier alpha value is -2.14. The number of ether oxygens (including phenoxy) is 2. The van der Waals surface area contributed by atoms with Crippen molar-refractivity contribution in [2.75, 3.05) is 32.2 Å². The highest BCUT2D eigenvalue weighted by molar-refractivity contribution is 7.47. The van der Waals surface area contributed by atoms with Crippen LogP contribution >= 0.6 is 7.82 Å². The van der Waals surface area contributed by atoms with E-state index in [4.69, 9.17) is 24.3 Å². The van der Waals surface area contributed by atoms with E-state index in [0.717, 1.165) is 12.8 Å². The van der Waals surface area contributed by atoms with E-state index in [1.54, 1.807) is 6.07 Å². The molecule has 2 aromatic rings. The third kappa shape index (κ3) is 10.5. The molecule has 14 heteroatoms. The van der Waals surface area contributed by atoms with Gasteiger partial charge in [-0.2, -0.15) is 10.4 Å². The fourth-order valence-electron chi connectivity index (χ4n) is 5.47. The molecule has 0 aliphatic carbocycles. The van der Waals surface area contributed by atoms with Gasteiger partial charge in [0.15, 0.2) is 5.82 Å². The van der Waals surface area contributed by atoms with Gasteiger partial charge in [0.1, 0.15) is 36.2 Å². The second kappa shape index (κ2) is 18.7. The van der Waals surface area contributed by atoms with Crippen LogP contribution in [-0.4, -0.2) is 74.4 Å². The van der Waals surface area contributed by atoms with Crippen molar-refractivity contribution in [3.63, 3.8) is 0 Å². The smallest absolute Gasteiger partial charge is 0.387 e. The largest absolute Gasteiger partial charge is 0.472 e. The fourth-order valence-corrected chi connectivity index (χ4v) is 6.18.